The number of carbonyl (C=O) groups excluding carboxylic acids is 1. The highest BCUT2D eigenvalue weighted by molar-refractivity contribution is 5.87. The van der Waals surface area contributed by atoms with E-state index in [0.29, 0.717) is 17.4 Å². The molecule has 0 amide bonds. The highest BCUT2D eigenvalue weighted by Crippen LogP contribution is 2.41. The fourth-order valence-electron chi connectivity index (χ4n) is 3.81. The number of furan rings is 1. The molecule has 0 aliphatic carbocycles. The molecule has 0 aliphatic heterocycles. The second-order valence-electron chi connectivity index (χ2n) is 9.85. The van der Waals surface area contributed by atoms with Crippen molar-refractivity contribution in [2.45, 2.75) is 58.8 Å². The van der Waals surface area contributed by atoms with Gasteiger partial charge < -0.3 is 13.9 Å². The maximum atomic E-state index is 13.9. The van der Waals surface area contributed by atoms with Gasteiger partial charge >= 0.3 is 18.3 Å². The van der Waals surface area contributed by atoms with Crippen molar-refractivity contribution in [3.63, 3.8) is 0 Å². The summed E-state index contributed by atoms with van der Waals surface area (Å²) in [6, 6.07) is 9.77. The van der Waals surface area contributed by atoms with Gasteiger partial charge in [-0.25, -0.2) is 4.79 Å². The van der Waals surface area contributed by atoms with Crippen molar-refractivity contribution < 1.29 is 45.0 Å². The zero-order chi connectivity index (χ0) is 29.0. The van der Waals surface area contributed by atoms with Crippen molar-refractivity contribution >= 4 is 16.9 Å². The molecule has 0 saturated carbocycles. The number of esters is 1. The zero-order valence-electron chi connectivity index (χ0n) is 21.9. The molecule has 4 nitrogen and oxygen atoms in total. The number of carbonyl (C=O) groups is 1. The third-order valence-electron chi connectivity index (χ3n) is 6.33. The lowest BCUT2D eigenvalue weighted by Gasteiger charge is -2.31. The van der Waals surface area contributed by atoms with E-state index >= 15 is 0 Å². The number of rotatable bonds is 11. The average Bonchev–Trinajstić information content (AvgIpc) is 3.28. The van der Waals surface area contributed by atoms with Crippen molar-refractivity contribution in [1.82, 2.24) is 0 Å². The van der Waals surface area contributed by atoms with E-state index in [4.69, 9.17) is 13.9 Å². The molecule has 0 aliphatic rings. The minimum atomic E-state index is -4.76. The molecule has 39 heavy (non-hydrogen) atoms. The molecular weight excluding hydrogens is 526 g/mol. The number of aryl methyl sites for hydroxylation is 1. The average molecular weight is 557 g/mol. The van der Waals surface area contributed by atoms with Crippen molar-refractivity contribution in [1.29, 1.82) is 0 Å². The van der Waals surface area contributed by atoms with E-state index in [1.165, 1.54) is 37.3 Å². The Balaban J connectivity index is 1.85. The van der Waals surface area contributed by atoms with Crippen LogP contribution in [0.2, 0.25) is 0 Å². The molecule has 1 heterocycles. The zero-order valence-corrected chi connectivity index (χ0v) is 21.9. The molecule has 0 N–H and O–H groups in total. The van der Waals surface area contributed by atoms with Crippen molar-refractivity contribution in [3.8, 4) is 17.1 Å². The molecule has 0 spiro atoms. The van der Waals surface area contributed by atoms with Gasteiger partial charge in [-0.1, -0.05) is 38.5 Å². The summed E-state index contributed by atoms with van der Waals surface area (Å²) in [5, 5.41) is 0.450. The van der Waals surface area contributed by atoms with Crippen LogP contribution >= 0.6 is 0 Å². The molecule has 212 valence electrons. The minimum absolute atomic E-state index is 0.00687. The molecule has 1 unspecified atom stereocenters. The van der Waals surface area contributed by atoms with Gasteiger partial charge in [-0.3, -0.25) is 0 Å². The molecule has 10 heteroatoms. The second kappa shape index (κ2) is 11.8. The van der Waals surface area contributed by atoms with Gasteiger partial charge in [0.25, 0.3) is 0 Å². The first-order valence-corrected chi connectivity index (χ1v) is 12.4. The first-order valence-electron chi connectivity index (χ1n) is 12.4. The quantitative estimate of drug-likeness (QED) is 0.102. The normalized spacial score (nSPS) is 13.8. The number of alkyl halides is 6. The third-order valence-corrected chi connectivity index (χ3v) is 6.33. The number of hydrogen-bond donors (Lipinski definition) is 0. The van der Waals surface area contributed by atoms with Crippen LogP contribution in [0.25, 0.3) is 22.3 Å². The fourth-order valence-corrected chi connectivity index (χ4v) is 3.81. The van der Waals surface area contributed by atoms with Gasteiger partial charge in [-0.15, -0.1) is 0 Å². The third kappa shape index (κ3) is 7.36. The molecule has 1 aromatic heterocycles. The van der Waals surface area contributed by atoms with Crippen LogP contribution in [-0.2, 0) is 22.1 Å². The molecule has 0 radical (unpaired) electrons. The smallest absolute Gasteiger partial charge is 0.417 e. The molecular formula is C29H30F6O4. The van der Waals surface area contributed by atoms with Crippen molar-refractivity contribution in [2.75, 3.05) is 13.2 Å². The maximum Gasteiger partial charge on any atom is 0.417 e. The predicted octanol–water partition coefficient (Wildman–Crippen LogP) is 8.92. The number of unbranched alkanes of at least 4 members (excludes halogenated alkanes) is 2. The van der Waals surface area contributed by atoms with Gasteiger partial charge in [-0.05, 0) is 56.5 Å². The number of fused-ring (bicyclic) bond motifs is 1. The predicted molar refractivity (Wildman–Crippen MR) is 135 cm³/mol. The number of benzene rings is 2. The van der Waals surface area contributed by atoms with E-state index in [1.54, 1.807) is 6.07 Å². The maximum absolute atomic E-state index is 13.9. The first-order chi connectivity index (χ1) is 18.1. The second-order valence-corrected chi connectivity index (χ2v) is 9.85. The van der Waals surface area contributed by atoms with Gasteiger partial charge in [0.05, 0.1) is 5.56 Å². The Kier molecular flexibility index (Phi) is 9.08. The van der Waals surface area contributed by atoms with Gasteiger partial charge in [0.15, 0.2) is 0 Å². The van der Waals surface area contributed by atoms with Crippen molar-refractivity contribution in [3.05, 3.63) is 65.7 Å². The van der Waals surface area contributed by atoms with Gasteiger partial charge in [0.2, 0.25) is 0 Å². The van der Waals surface area contributed by atoms with E-state index in [-0.39, 0.29) is 28.2 Å². The fraction of sp³-hybridized carbons (Fsp3) is 0.414. The lowest BCUT2D eigenvalue weighted by atomic mass is 9.92. The molecule has 0 saturated heterocycles. The minimum Gasteiger partial charge on any atom is -0.492 e. The monoisotopic (exact) mass is 556 g/mol. The lowest BCUT2D eigenvalue weighted by Crippen LogP contribution is -2.44. The van der Waals surface area contributed by atoms with E-state index in [0.717, 1.165) is 32.3 Å². The summed E-state index contributed by atoms with van der Waals surface area (Å²) in [4.78, 5) is 11.6. The number of halogens is 6. The molecule has 1 atom stereocenters. The van der Waals surface area contributed by atoms with E-state index in [9.17, 15) is 31.1 Å². The molecule has 0 bridgehead atoms. The number of hydrogen-bond acceptors (Lipinski definition) is 4. The topological polar surface area (TPSA) is 48.7 Å². The highest BCUT2D eigenvalue weighted by atomic mass is 19.4. The van der Waals surface area contributed by atoms with Crippen LogP contribution in [0.5, 0.6) is 5.75 Å². The Morgan fingerprint density at radius 1 is 0.974 bits per heavy atom. The van der Waals surface area contributed by atoms with Crippen LogP contribution in [0.15, 0.2) is 59.0 Å². The standard InChI is InChI=1S/C29H30F6O4/c1-5-6-7-8-19-9-12-22(23(13-19)28(30,31)32)25-14-20-10-11-21(15-24(20)39-25)37-16-27(4,29(33,34)35)17-38-26(36)18(2)3/h9-15H,2,5-8,16-17H2,1,3-4H3. The van der Waals surface area contributed by atoms with E-state index in [2.05, 4.69) is 6.58 Å². The van der Waals surface area contributed by atoms with Crippen LogP contribution in [0, 0.1) is 5.41 Å². The molecule has 3 rings (SSSR count). The summed E-state index contributed by atoms with van der Waals surface area (Å²) in [7, 11) is 0. The Hall–Kier alpha value is -3.43. The Bertz CT molecular complexity index is 1320. The summed E-state index contributed by atoms with van der Waals surface area (Å²) in [6.07, 6.45) is -6.20. The van der Waals surface area contributed by atoms with Gasteiger partial charge in [0.1, 0.15) is 35.7 Å². The summed E-state index contributed by atoms with van der Waals surface area (Å²) >= 11 is 0. The van der Waals surface area contributed by atoms with E-state index in [1.807, 2.05) is 6.92 Å². The summed E-state index contributed by atoms with van der Waals surface area (Å²) in [5.74, 6) is -0.976. The lowest BCUT2D eigenvalue weighted by molar-refractivity contribution is -0.240. The van der Waals surface area contributed by atoms with Crippen LogP contribution < -0.4 is 4.74 Å². The summed E-state index contributed by atoms with van der Waals surface area (Å²) in [5.41, 5.74) is -2.80. The van der Waals surface area contributed by atoms with Gasteiger partial charge in [-0.2, -0.15) is 26.3 Å². The van der Waals surface area contributed by atoms with Crippen LogP contribution in [0.3, 0.4) is 0 Å². The largest absolute Gasteiger partial charge is 0.492 e. The molecule has 2 aromatic carbocycles. The van der Waals surface area contributed by atoms with Crippen LogP contribution in [-0.4, -0.2) is 25.4 Å². The summed E-state index contributed by atoms with van der Waals surface area (Å²) in [6.45, 7) is 5.66. The first kappa shape index (κ1) is 30.1. The Morgan fingerprint density at radius 3 is 2.31 bits per heavy atom. The van der Waals surface area contributed by atoms with Crippen LogP contribution in [0.4, 0.5) is 26.3 Å². The molecule has 0 fully saturated rings. The number of ether oxygens (including phenoxy) is 2. The SMILES string of the molecule is C=C(C)C(=O)OCC(C)(COc1ccc2cc(-c3ccc(CCCCC)cc3C(F)(F)F)oc2c1)C(F)(F)F. The van der Waals surface area contributed by atoms with Gasteiger partial charge in [0, 0.05) is 22.6 Å². The highest BCUT2D eigenvalue weighted by Gasteiger charge is 2.53. The Morgan fingerprint density at radius 2 is 1.69 bits per heavy atom. The van der Waals surface area contributed by atoms with E-state index < -0.39 is 42.5 Å². The van der Waals surface area contributed by atoms with Crippen LogP contribution in [0.1, 0.15) is 51.2 Å². The summed E-state index contributed by atoms with van der Waals surface area (Å²) < 4.78 is 98.7. The molecule has 3 aromatic rings. The Labute approximate surface area is 222 Å². The van der Waals surface area contributed by atoms with Crippen molar-refractivity contribution in [2.24, 2.45) is 5.41 Å².